The van der Waals surface area contributed by atoms with Gasteiger partial charge < -0.3 is 18.3 Å². The average molecular weight is 371 g/mol. The second-order valence-electron chi connectivity index (χ2n) is 8.22. The van der Waals surface area contributed by atoms with Gasteiger partial charge in [0.25, 0.3) is 5.56 Å². The summed E-state index contributed by atoms with van der Waals surface area (Å²) in [6.45, 7) is 13.4. The highest BCUT2D eigenvalue weighted by atomic mass is 28.4. The highest BCUT2D eigenvalue weighted by Gasteiger charge is 2.53. The molecule has 2 aliphatic heterocycles. The molecule has 0 amide bonds. The third-order valence-corrected chi connectivity index (χ3v) is 5.79. The standard InChI is InChI=1S/C15H26N2O5Si2/c1-23(2,3)19-9-10-12(22-24(4,5)6)13-14(20-10)17-8-7-11(18)16-15(17)21-13/h7-8,10,12-14H,9H2,1-6H3. The van der Waals surface area contributed by atoms with Crippen LogP contribution in [0.5, 0.6) is 6.01 Å². The minimum atomic E-state index is -1.81. The molecule has 0 aromatic carbocycles. The topological polar surface area (TPSA) is 71.8 Å². The molecule has 24 heavy (non-hydrogen) atoms. The van der Waals surface area contributed by atoms with Gasteiger partial charge >= 0.3 is 6.01 Å². The number of rotatable bonds is 5. The summed E-state index contributed by atoms with van der Waals surface area (Å²) in [5.41, 5.74) is -0.317. The highest BCUT2D eigenvalue weighted by molar-refractivity contribution is 6.70. The SMILES string of the molecule is C[Si](C)(C)OCC1OC2C(Oc3nc(=O)ccn32)C1O[Si](C)(C)C. The van der Waals surface area contributed by atoms with Gasteiger partial charge in [0.15, 0.2) is 29.0 Å². The zero-order chi connectivity index (χ0) is 17.7. The molecule has 4 atom stereocenters. The first-order chi connectivity index (χ1) is 11.0. The van der Waals surface area contributed by atoms with E-state index in [0.717, 1.165) is 0 Å². The summed E-state index contributed by atoms with van der Waals surface area (Å²) >= 11 is 0. The maximum atomic E-state index is 11.5. The third kappa shape index (κ3) is 3.80. The summed E-state index contributed by atoms with van der Waals surface area (Å²) in [6.07, 6.45) is 0.620. The van der Waals surface area contributed by atoms with Crippen LogP contribution in [0, 0.1) is 0 Å². The summed E-state index contributed by atoms with van der Waals surface area (Å²) in [6, 6.07) is 1.71. The summed E-state index contributed by atoms with van der Waals surface area (Å²) in [4.78, 5) is 15.4. The van der Waals surface area contributed by atoms with Crippen molar-refractivity contribution in [1.82, 2.24) is 9.55 Å². The predicted molar refractivity (Wildman–Crippen MR) is 94.3 cm³/mol. The van der Waals surface area contributed by atoms with Gasteiger partial charge in [0.05, 0.1) is 6.61 Å². The maximum Gasteiger partial charge on any atom is 0.302 e. The molecule has 3 heterocycles. The van der Waals surface area contributed by atoms with Gasteiger partial charge in [0.2, 0.25) is 0 Å². The van der Waals surface area contributed by atoms with Crippen LogP contribution >= 0.6 is 0 Å². The second kappa shape index (κ2) is 6.06. The van der Waals surface area contributed by atoms with Gasteiger partial charge in [0.1, 0.15) is 12.2 Å². The van der Waals surface area contributed by atoms with E-state index >= 15 is 0 Å². The zero-order valence-electron chi connectivity index (χ0n) is 15.1. The van der Waals surface area contributed by atoms with Gasteiger partial charge in [-0.25, -0.2) is 0 Å². The smallest absolute Gasteiger partial charge is 0.302 e. The van der Waals surface area contributed by atoms with E-state index in [1.807, 2.05) is 0 Å². The molecule has 1 aromatic heterocycles. The van der Waals surface area contributed by atoms with Crippen LogP contribution in [0.4, 0.5) is 0 Å². The number of hydrogen-bond donors (Lipinski definition) is 0. The number of hydrogen-bond acceptors (Lipinski definition) is 6. The first-order valence-corrected chi connectivity index (χ1v) is 15.1. The lowest BCUT2D eigenvalue weighted by atomic mass is 10.1. The minimum absolute atomic E-state index is 0.189. The molecule has 1 fully saturated rings. The molecular weight excluding hydrogens is 344 g/mol. The number of ether oxygens (including phenoxy) is 2. The molecule has 9 heteroatoms. The van der Waals surface area contributed by atoms with Gasteiger partial charge in [-0.3, -0.25) is 9.36 Å². The van der Waals surface area contributed by atoms with Crippen molar-refractivity contribution in [2.75, 3.05) is 6.61 Å². The summed E-state index contributed by atoms with van der Waals surface area (Å²) in [7, 11) is -3.46. The Morgan fingerprint density at radius 3 is 2.54 bits per heavy atom. The van der Waals surface area contributed by atoms with E-state index in [0.29, 0.717) is 12.6 Å². The normalized spacial score (nSPS) is 29.2. The van der Waals surface area contributed by atoms with Crippen LogP contribution in [-0.4, -0.2) is 51.1 Å². The van der Waals surface area contributed by atoms with Crippen molar-refractivity contribution in [3.05, 3.63) is 22.6 Å². The van der Waals surface area contributed by atoms with Crippen molar-refractivity contribution in [3.8, 4) is 6.01 Å². The van der Waals surface area contributed by atoms with Gasteiger partial charge in [-0.2, -0.15) is 4.98 Å². The van der Waals surface area contributed by atoms with Crippen LogP contribution in [0.15, 0.2) is 17.1 Å². The van der Waals surface area contributed by atoms with Crippen molar-refractivity contribution in [2.24, 2.45) is 0 Å². The van der Waals surface area contributed by atoms with E-state index in [2.05, 4.69) is 44.3 Å². The molecule has 3 rings (SSSR count). The lowest BCUT2D eigenvalue weighted by molar-refractivity contribution is -0.0368. The van der Waals surface area contributed by atoms with Crippen LogP contribution in [0.1, 0.15) is 6.23 Å². The largest absolute Gasteiger partial charge is 0.454 e. The van der Waals surface area contributed by atoms with Crippen molar-refractivity contribution < 1.29 is 18.3 Å². The van der Waals surface area contributed by atoms with Gasteiger partial charge in [-0.15, -0.1) is 0 Å². The summed E-state index contributed by atoms with van der Waals surface area (Å²) in [5.74, 6) is 0. The van der Waals surface area contributed by atoms with Crippen molar-refractivity contribution in [3.63, 3.8) is 0 Å². The Bertz CT molecular complexity index is 667. The van der Waals surface area contributed by atoms with Crippen molar-refractivity contribution in [1.29, 1.82) is 0 Å². The molecule has 0 spiro atoms. The maximum absolute atomic E-state index is 11.5. The van der Waals surface area contributed by atoms with Crippen molar-refractivity contribution in [2.45, 2.75) is 63.8 Å². The molecule has 4 unspecified atom stereocenters. The van der Waals surface area contributed by atoms with Crippen LogP contribution in [0.25, 0.3) is 0 Å². The fourth-order valence-corrected chi connectivity index (χ4v) is 4.64. The average Bonchev–Trinajstić information content (AvgIpc) is 2.91. The Hall–Kier alpha value is -1.01. The van der Waals surface area contributed by atoms with E-state index in [4.69, 9.17) is 18.3 Å². The Kier molecular flexibility index (Phi) is 4.50. The van der Waals surface area contributed by atoms with E-state index in [1.165, 1.54) is 6.07 Å². The molecule has 134 valence electrons. The molecule has 1 saturated heterocycles. The fourth-order valence-electron chi connectivity index (χ4n) is 2.87. The summed E-state index contributed by atoms with van der Waals surface area (Å²) in [5, 5.41) is 0. The van der Waals surface area contributed by atoms with Crippen LogP contribution in [-0.2, 0) is 13.6 Å². The molecule has 7 nitrogen and oxygen atoms in total. The minimum Gasteiger partial charge on any atom is -0.454 e. The van der Waals surface area contributed by atoms with E-state index < -0.39 is 16.6 Å². The zero-order valence-corrected chi connectivity index (χ0v) is 17.1. The van der Waals surface area contributed by atoms with Crippen molar-refractivity contribution >= 4 is 16.6 Å². The molecule has 1 aromatic rings. The predicted octanol–water partition coefficient (Wildman–Crippen LogP) is 1.97. The lowest BCUT2D eigenvalue weighted by Gasteiger charge is -2.30. The Labute approximate surface area is 144 Å². The van der Waals surface area contributed by atoms with E-state index in [-0.39, 0.29) is 30.1 Å². The Morgan fingerprint density at radius 2 is 1.92 bits per heavy atom. The van der Waals surface area contributed by atoms with Gasteiger partial charge in [0, 0.05) is 12.3 Å². The second-order valence-corrected chi connectivity index (χ2v) is 17.2. The Balaban J connectivity index is 1.84. The molecule has 0 aliphatic carbocycles. The van der Waals surface area contributed by atoms with Gasteiger partial charge in [-0.05, 0) is 39.3 Å². The highest BCUT2D eigenvalue weighted by Crippen LogP contribution is 2.41. The van der Waals surface area contributed by atoms with E-state index in [9.17, 15) is 4.79 Å². The molecule has 0 radical (unpaired) electrons. The van der Waals surface area contributed by atoms with Crippen LogP contribution in [0.2, 0.25) is 39.3 Å². The van der Waals surface area contributed by atoms with Crippen LogP contribution < -0.4 is 10.3 Å². The van der Waals surface area contributed by atoms with Crippen LogP contribution in [0.3, 0.4) is 0 Å². The molecule has 0 N–H and O–H groups in total. The molecular formula is C15H26N2O5Si2. The molecule has 0 saturated carbocycles. The third-order valence-electron chi connectivity index (χ3n) is 3.78. The lowest BCUT2D eigenvalue weighted by Crippen LogP contribution is -2.46. The number of nitrogens with zero attached hydrogens (tertiary/aromatic N) is 2. The first-order valence-electron chi connectivity index (χ1n) is 8.27. The Morgan fingerprint density at radius 1 is 1.21 bits per heavy atom. The number of aromatic nitrogens is 2. The fraction of sp³-hybridized carbons (Fsp3) is 0.733. The number of fused-ring (bicyclic) bond motifs is 3. The summed E-state index contributed by atoms with van der Waals surface area (Å²) < 4.78 is 26.3. The first kappa shape index (κ1) is 17.8. The quantitative estimate of drug-likeness (QED) is 0.738. The van der Waals surface area contributed by atoms with E-state index in [1.54, 1.807) is 10.8 Å². The monoisotopic (exact) mass is 370 g/mol. The molecule has 2 aliphatic rings. The molecule has 0 bridgehead atoms. The van der Waals surface area contributed by atoms with Gasteiger partial charge in [-0.1, -0.05) is 0 Å².